The van der Waals surface area contributed by atoms with Gasteiger partial charge in [0, 0.05) is 6.61 Å². The van der Waals surface area contributed by atoms with Gasteiger partial charge in [-0.1, -0.05) is 0 Å². The van der Waals surface area contributed by atoms with Gasteiger partial charge in [-0.05, 0) is 12.8 Å². The van der Waals surface area contributed by atoms with Gasteiger partial charge in [-0.25, -0.2) is 0 Å². The Morgan fingerprint density at radius 2 is 2.60 bits per heavy atom. The molecule has 0 aromatic carbocycles. The third-order valence-electron chi connectivity index (χ3n) is 1.42. The number of hydrogen-bond acceptors (Lipinski definition) is 3. The Morgan fingerprint density at radius 3 is 3.10 bits per heavy atom. The van der Waals surface area contributed by atoms with Gasteiger partial charge in [0.15, 0.2) is 0 Å². The van der Waals surface area contributed by atoms with Crippen LogP contribution in [0.3, 0.4) is 0 Å². The van der Waals surface area contributed by atoms with E-state index in [2.05, 4.69) is 4.43 Å². The minimum absolute atomic E-state index is 0.0427. The van der Waals surface area contributed by atoms with Crippen molar-refractivity contribution in [3.05, 3.63) is 0 Å². The third kappa shape index (κ3) is 2.45. The van der Waals surface area contributed by atoms with Crippen LogP contribution in [0.5, 0.6) is 0 Å². The fourth-order valence-corrected chi connectivity index (χ4v) is 1.27. The molecule has 1 saturated heterocycles. The predicted octanol–water partition coefficient (Wildman–Crippen LogP) is -0.410. The molecule has 0 saturated carbocycles. The van der Waals surface area contributed by atoms with E-state index in [-0.39, 0.29) is 12.7 Å². The van der Waals surface area contributed by atoms with Crippen molar-refractivity contribution in [2.75, 3.05) is 13.2 Å². The molecule has 1 atom stereocenters. The predicted molar refractivity (Wildman–Crippen MR) is 33.6 cm³/mol. The largest absolute Gasteiger partial charge is 0.764 e. The van der Waals surface area contributed by atoms with Crippen molar-refractivity contribution in [2.24, 2.45) is 0 Å². The van der Waals surface area contributed by atoms with E-state index in [0.29, 0.717) is 0 Å². The van der Waals surface area contributed by atoms with E-state index in [1.165, 1.54) is 0 Å². The van der Waals surface area contributed by atoms with Crippen molar-refractivity contribution in [1.29, 1.82) is 0 Å². The van der Waals surface area contributed by atoms with E-state index < -0.39 is 9.17 Å². The lowest BCUT2D eigenvalue weighted by molar-refractivity contribution is 0.0565. The second-order valence-corrected chi connectivity index (χ2v) is 3.03. The molecule has 0 amide bonds. The second-order valence-electron chi connectivity index (χ2n) is 2.21. The van der Waals surface area contributed by atoms with E-state index in [0.717, 1.165) is 19.4 Å². The first kappa shape index (κ1) is 7.68. The van der Waals surface area contributed by atoms with Gasteiger partial charge >= 0.3 is 9.17 Å². The molecule has 1 N–H and O–H groups in total. The molecule has 5 heteroatoms. The van der Waals surface area contributed by atoms with Crippen LogP contribution >= 0.6 is 0 Å². The van der Waals surface area contributed by atoms with Gasteiger partial charge in [0.05, 0.1) is 6.10 Å². The summed E-state index contributed by atoms with van der Waals surface area (Å²) >= 11 is 0. The number of ether oxygens (including phenoxy) is 1. The van der Waals surface area contributed by atoms with Crippen LogP contribution in [-0.2, 0) is 13.6 Å². The molecule has 1 unspecified atom stereocenters. The number of hydrogen-bond donors (Lipinski definition) is 1. The Morgan fingerprint density at radius 1 is 1.80 bits per heavy atom. The van der Waals surface area contributed by atoms with Gasteiger partial charge in [-0.15, -0.1) is 0 Å². The summed E-state index contributed by atoms with van der Waals surface area (Å²) in [6, 6.07) is 0. The quantitative estimate of drug-likeness (QED) is 0.573. The van der Waals surface area contributed by atoms with Crippen LogP contribution in [-0.4, -0.2) is 33.3 Å². The smallest absolute Gasteiger partial charge is 0.511 e. The molecule has 0 bridgehead atoms. The fourth-order valence-electron chi connectivity index (χ4n) is 0.940. The Bertz CT molecular complexity index is 121. The van der Waals surface area contributed by atoms with Crippen LogP contribution in [0.2, 0.25) is 0 Å². The molecule has 1 rings (SSSR count). The van der Waals surface area contributed by atoms with Crippen LogP contribution in [0, 0.1) is 0 Å². The maximum absolute atomic E-state index is 10.1. The van der Waals surface area contributed by atoms with Crippen LogP contribution in [0.4, 0.5) is 0 Å². The first-order chi connectivity index (χ1) is 4.79. The molecule has 0 spiro atoms. The molecule has 0 aromatic rings. The molecule has 0 aliphatic carbocycles. The van der Waals surface area contributed by atoms with Gasteiger partial charge in [0.1, 0.15) is 6.61 Å². The molecule has 0 aromatic heterocycles. The third-order valence-corrected chi connectivity index (χ3v) is 1.83. The monoisotopic (exact) mass is 162 g/mol. The number of rotatable bonds is 3. The second kappa shape index (κ2) is 3.67. The van der Waals surface area contributed by atoms with Crippen LogP contribution in [0.15, 0.2) is 0 Å². The van der Waals surface area contributed by atoms with E-state index in [4.69, 9.17) is 9.53 Å². The van der Waals surface area contributed by atoms with Crippen molar-refractivity contribution < 1.29 is 18.4 Å². The van der Waals surface area contributed by atoms with Crippen LogP contribution in [0.25, 0.3) is 0 Å². The molecule has 1 heterocycles. The first-order valence-corrected chi connectivity index (χ1v) is 4.53. The summed E-state index contributed by atoms with van der Waals surface area (Å²) in [4.78, 5) is 8.28. The van der Waals surface area contributed by atoms with Gasteiger partial charge in [0.25, 0.3) is 0 Å². The van der Waals surface area contributed by atoms with Crippen LogP contribution in [0.1, 0.15) is 12.8 Å². The molecule has 1 fully saturated rings. The molecule has 0 radical (unpaired) electrons. The highest BCUT2D eigenvalue weighted by molar-refractivity contribution is 6.24. The zero-order chi connectivity index (χ0) is 7.40. The van der Waals surface area contributed by atoms with E-state index in [9.17, 15) is 4.46 Å². The molecular formula is C5H10O4Si. The van der Waals surface area contributed by atoms with Gasteiger partial charge < -0.3 is 14.0 Å². The van der Waals surface area contributed by atoms with Gasteiger partial charge in [-0.3, -0.25) is 4.46 Å². The highest BCUT2D eigenvalue weighted by Gasteiger charge is 2.17. The summed E-state index contributed by atoms with van der Waals surface area (Å²) in [6.07, 6.45) is 2.01. The fraction of sp³-hybridized carbons (Fsp3) is 1.00. The topological polar surface area (TPSA) is 55.8 Å². The normalized spacial score (nSPS) is 24.6. The van der Waals surface area contributed by atoms with Gasteiger partial charge in [0.2, 0.25) is 0 Å². The maximum Gasteiger partial charge on any atom is 0.764 e. The summed E-state index contributed by atoms with van der Waals surface area (Å²) in [6.45, 7) is 1.01. The summed E-state index contributed by atoms with van der Waals surface area (Å²) < 4.78 is 19.7. The zero-order valence-electron chi connectivity index (χ0n) is 5.58. The molecule has 10 heavy (non-hydrogen) atoms. The van der Waals surface area contributed by atoms with Gasteiger partial charge in [-0.2, -0.15) is 0 Å². The van der Waals surface area contributed by atoms with E-state index >= 15 is 0 Å². The minimum atomic E-state index is -2.75. The molecule has 1 aliphatic rings. The van der Waals surface area contributed by atoms with E-state index in [1.54, 1.807) is 0 Å². The van der Waals surface area contributed by atoms with Crippen molar-refractivity contribution in [2.45, 2.75) is 18.9 Å². The lowest BCUT2D eigenvalue weighted by Crippen LogP contribution is -2.18. The Hall–Kier alpha value is -0.423. The van der Waals surface area contributed by atoms with E-state index in [1.807, 2.05) is 0 Å². The summed E-state index contributed by atoms with van der Waals surface area (Å²) in [5.74, 6) is 0. The molecule has 4 nitrogen and oxygen atoms in total. The van der Waals surface area contributed by atoms with Crippen LogP contribution < -0.4 is 0 Å². The molecular weight excluding hydrogens is 152 g/mol. The Kier molecular flexibility index (Phi) is 2.82. The van der Waals surface area contributed by atoms with Crippen molar-refractivity contribution in [1.82, 2.24) is 0 Å². The maximum atomic E-state index is 10.1. The molecule has 58 valence electrons. The Balaban J connectivity index is 2.07. The zero-order valence-corrected chi connectivity index (χ0v) is 6.58. The lowest BCUT2D eigenvalue weighted by atomic mass is 10.2. The first-order valence-electron chi connectivity index (χ1n) is 3.26. The van der Waals surface area contributed by atoms with Crippen molar-refractivity contribution in [3.63, 3.8) is 0 Å². The standard InChI is InChI=1S/C5H10O4Si/c6-10(7)9-4-5-2-1-3-8-5/h5-6H,1-4H2. The summed E-state index contributed by atoms with van der Waals surface area (Å²) in [5.41, 5.74) is 0. The molecule has 1 aliphatic heterocycles. The Labute approximate surface area is 60.7 Å². The SMILES string of the molecule is O=[Si](O)OCC1CCCO1. The average Bonchev–Trinajstić information content (AvgIpc) is 2.34. The average molecular weight is 162 g/mol. The van der Waals surface area contributed by atoms with Crippen molar-refractivity contribution in [3.8, 4) is 0 Å². The summed E-state index contributed by atoms with van der Waals surface area (Å²) in [7, 11) is -2.75. The highest BCUT2D eigenvalue weighted by atomic mass is 28.3. The van der Waals surface area contributed by atoms with Crippen molar-refractivity contribution >= 4 is 9.17 Å². The summed E-state index contributed by atoms with van der Waals surface area (Å²) in [5, 5.41) is 0. The highest BCUT2D eigenvalue weighted by Crippen LogP contribution is 2.11. The lowest BCUT2D eigenvalue weighted by Gasteiger charge is -2.06. The minimum Gasteiger partial charge on any atom is -0.511 e.